The second-order valence-electron chi connectivity index (χ2n) is 7.55. The number of rotatable bonds is 4. The Labute approximate surface area is 165 Å². The molecule has 3 aromatic carbocycles. The molecule has 0 spiro atoms. The van der Waals surface area contributed by atoms with Gasteiger partial charge in [0.25, 0.3) is 0 Å². The number of para-hydroxylation sites is 1. The summed E-state index contributed by atoms with van der Waals surface area (Å²) in [4.78, 5) is 5.03. The van der Waals surface area contributed by atoms with Crippen LogP contribution in [0.25, 0.3) is 22.0 Å². The predicted molar refractivity (Wildman–Crippen MR) is 114 cm³/mol. The third-order valence-corrected chi connectivity index (χ3v) is 5.87. The van der Waals surface area contributed by atoms with Crippen LogP contribution in [-0.4, -0.2) is 10.1 Å². The van der Waals surface area contributed by atoms with Crippen molar-refractivity contribution in [3.05, 3.63) is 101 Å². The van der Waals surface area contributed by atoms with Gasteiger partial charge in [0.1, 0.15) is 5.60 Å². The first-order valence-corrected chi connectivity index (χ1v) is 10.0. The van der Waals surface area contributed by atoms with E-state index in [1.807, 2.05) is 48.5 Å². The normalized spacial score (nSPS) is 17.5. The molecule has 0 aliphatic heterocycles. The monoisotopic (exact) mass is 365 g/mol. The van der Waals surface area contributed by atoms with Gasteiger partial charge < -0.3 is 5.11 Å². The van der Waals surface area contributed by atoms with Gasteiger partial charge in [-0.05, 0) is 30.0 Å². The number of hydrogen-bond acceptors (Lipinski definition) is 2. The molecule has 1 unspecified atom stereocenters. The Kier molecular flexibility index (Phi) is 4.03. The summed E-state index contributed by atoms with van der Waals surface area (Å²) >= 11 is 0. The van der Waals surface area contributed by atoms with E-state index in [0.29, 0.717) is 0 Å². The summed E-state index contributed by atoms with van der Waals surface area (Å²) in [6.45, 7) is 2.20. The van der Waals surface area contributed by atoms with E-state index in [1.165, 1.54) is 0 Å². The van der Waals surface area contributed by atoms with E-state index in [2.05, 4.69) is 37.3 Å². The minimum Gasteiger partial charge on any atom is -0.376 e. The van der Waals surface area contributed by atoms with Crippen LogP contribution in [0.3, 0.4) is 0 Å². The van der Waals surface area contributed by atoms with Crippen molar-refractivity contribution < 1.29 is 5.11 Å². The topological polar surface area (TPSA) is 33.1 Å². The number of benzene rings is 3. The van der Waals surface area contributed by atoms with Crippen LogP contribution in [-0.2, 0) is 12.0 Å². The lowest BCUT2D eigenvalue weighted by molar-refractivity contribution is 0.132. The first-order chi connectivity index (χ1) is 13.7. The molecule has 0 radical (unpaired) electrons. The largest absolute Gasteiger partial charge is 0.376 e. The highest BCUT2D eigenvalue weighted by Gasteiger charge is 2.45. The second kappa shape index (κ2) is 6.57. The molecule has 0 saturated carbocycles. The standard InChI is InChI=1S/C26H23NO/c1-2-3-16-23-24-19-13-7-9-15-21(19)26(28,18-11-5-4-6-12-18)25(24)20-14-8-10-17-22(20)27-23/h4-15,17,28H,2-3,16H2,1H3. The summed E-state index contributed by atoms with van der Waals surface area (Å²) in [5.74, 6) is 0. The maximum absolute atomic E-state index is 12.3. The Morgan fingerprint density at radius 1 is 0.857 bits per heavy atom. The summed E-state index contributed by atoms with van der Waals surface area (Å²) in [5, 5.41) is 13.3. The van der Waals surface area contributed by atoms with Crippen molar-refractivity contribution in [2.75, 3.05) is 0 Å². The Hall–Kier alpha value is -2.97. The third-order valence-electron chi connectivity index (χ3n) is 5.87. The molecule has 2 nitrogen and oxygen atoms in total. The van der Waals surface area contributed by atoms with Gasteiger partial charge in [-0.15, -0.1) is 0 Å². The van der Waals surface area contributed by atoms with Crippen LogP contribution in [0, 0.1) is 0 Å². The number of aliphatic hydroxyl groups is 1. The van der Waals surface area contributed by atoms with Crippen molar-refractivity contribution in [2.24, 2.45) is 0 Å². The van der Waals surface area contributed by atoms with Gasteiger partial charge in [0, 0.05) is 27.8 Å². The van der Waals surface area contributed by atoms with Crippen LogP contribution in [0.5, 0.6) is 0 Å². The Balaban J connectivity index is 1.93. The van der Waals surface area contributed by atoms with Crippen LogP contribution >= 0.6 is 0 Å². The number of nitrogens with zero attached hydrogens (tertiary/aromatic N) is 1. The number of fused-ring (bicyclic) bond motifs is 5. The molecule has 0 amide bonds. The number of aryl methyl sites for hydroxylation is 1. The van der Waals surface area contributed by atoms with Gasteiger partial charge in [0.15, 0.2) is 0 Å². The van der Waals surface area contributed by atoms with Crippen molar-refractivity contribution in [3.8, 4) is 11.1 Å². The molecule has 138 valence electrons. The van der Waals surface area contributed by atoms with Gasteiger partial charge in [0.2, 0.25) is 0 Å². The summed E-state index contributed by atoms with van der Waals surface area (Å²) in [6.07, 6.45) is 3.13. The summed E-state index contributed by atoms with van der Waals surface area (Å²) < 4.78 is 0. The molecule has 0 fully saturated rings. The van der Waals surface area contributed by atoms with E-state index in [0.717, 1.165) is 63.7 Å². The van der Waals surface area contributed by atoms with Crippen LogP contribution in [0.4, 0.5) is 0 Å². The summed E-state index contributed by atoms with van der Waals surface area (Å²) in [5.41, 5.74) is 5.94. The molecule has 0 bridgehead atoms. The fraction of sp³-hybridized carbons (Fsp3) is 0.192. The Bertz CT molecular complexity index is 1170. The third kappa shape index (κ3) is 2.35. The predicted octanol–water partition coefficient (Wildman–Crippen LogP) is 5.84. The van der Waals surface area contributed by atoms with Gasteiger partial charge >= 0.3 is 0 Å². The van der Waals surface area contributed by atoms with Crippen LogP contribution < -0.4 is 0 Å². The summed E-state index contributed by atoms with van der Waals surface area (Å²) in [7, 11) is 0. The molecular weight excluding hydrogens is 342 g/mol. The van der Waals surface area contributed by atoms with E-state index in [1.54, 1.807) is 0 Å². The maximum atomic E-state index is 12.3. The van der Waals surface area contributed by atoms with Crippen molar-refractivity contribution in [1.29, 1.82) is 0 Å². The molecule has 1 aliphatic carbocycles. The van der Waals surface area contributed by atoms with E-state index in [-0.39, 0.29) is 0 Å². The highest BCUT2D eigenvalue weighted by Crippen LogP contribution is 2.54. The minimum atomic E-state index is -1.17. The highest BCUT2D eigenvalue weighted by molar-refractivity contribution is 5.97. The molecule has 1 atom stereocenters. The first kappa shape index (κ1) is 17.2. The SMILES string of the molecule is CCCCc1nc2ccccc2c2c1-c1ccccc1C2(O)c1ccccc1. The van der Waals surface area contributed by atoms with Gasteiger partial charge in [-0.2, -0.15) is 0 Å². The zero-order valence-corrected chi connectivity index (χ0v) is 16.0. The number of hydrogen-bond donors (Lipinski definition) is 1. The minimum absolute atomic E-state index is 0.902. The van der Waals surface area contributed by atoms with Crippen LogP contribution in [0.2, 0.25) is 0 Å². The first-order valence-electron chi connectivity index (χ1n) is 10.0. The van der Waals surface area contributed by atoms with E-state index >= 15 is 0 Å². The maximum Gasteiger partial charge on any atom is 0.142 e. The van der Waals surface area contributed by atoms with Crippen molar-refractivity contribution in [2.45, 2.75) is 31.8 Å². The number of unbranched alkanes of at least 4 members (excludes halogenated alkanes) is 1. The van der Waals surface area contributed by atoms with Gasteiger partial charge in [-0.25, -0.2) is 0 Å². The van der Waals surface area contributed by atoms with E-state index in [4.69, 9.17) is 4.98 Å². The number of aromatic nitrogens is 1. The van der Waals surface area contributed by atoms with E-state index in [9.17, 15) is 5.11 Å². The summed E-state index contributed by atoms with van der Waals surface area (Å²) in [6, 6.07) is 26.5. The molecule has 1 aliphatic rings. The lowest BCUT2D eigenvalue weighted by Gasteiger charge is -2.28. The molecule has 5 rings (SSSR count). The van der Waals surface area contributed by atoms with Crippen LogP contribution in [0.1, 0.15) is 42.1 Å². The fourth-order valence-corrected chi connectivity index (χ4v) is 4.58. The molecule has 4 aromatic rings. The zero-order chi connectivity index (χ0) is 19.1. The molecule has 1 aromatic heterocycles. The quantitative estimate of drug-likeness (QED) is 0.493. The smallest absolute Gasteiger partial charge is 0.142 e. The molecule has 28 heavy (non-hydrogen) atoms. The molecule has 0 saturated heterocycles. The zero-order valence-electron chi connectivity index (χ0n) is 16.0. The van der Waals surface area contributed by atoms with Gasteiger partial charge in [-0.3, -0.25) is 4.98 Å². The number of pyridine rings is 1. The Morgan fingerprint density at radius 2 is 1.57 bits per heavy atom. The molecular formula is C26H23NO. The highest BCUT2D eigenvalue weighted by atomic mass is 16.3. The van der Waals surface area contributed by atoms with Gasteiger partial charge in [-0.1, -0.05) is 86.1 Å². The van der Waals surface area contributed by atoms with Crippen molar-refractivity contribution in [3.63, 3.8) is 0 Å². The lowest BCUT2D eigenvalue weighted by Crippen LogP contribution is -2.26. The molecule has 1 N–H and O–H groups in total. The average Bonchev–Trinajstić information content (AvgIpc) is 3.04. The van der Waals surface area contributed by atoms with Crippen molar-refractivity contribution >= 4 is 10.9 Å². The Morgan fingerprint density at radius 3 is 2.39 bits per heavy atom. The molecule has 1 heterocycles. The van der Waals surface area contributed by atoms with Crippen molar-refractivity contribution in [1.82, 2.24) is 4.98 Å². The van der Waals surface area contributed by atoms with Crippen LogP contribution in [0.15, 0.2) is 78.9 Å². The molecule has 2 heteroatoms. The lowest BCUT2D eigenvalue weighted by atomic mass is 9.82. The van der Waals surface area contributed by atoms with Gasteiger partial charge in [0.05, 0.1) is 5.52 Å². The fourth-order valence-electron chi connectivity index (χ4n) is 4.58. The average molecular weight is 365 g/mol. The van der Waals surface area contributed by atoms with E-state index < -0.39 is 5.60 Å². The second-order valence-corrected chi connectivity index (χ2v) is 7.55.